The Hall–Kier alpha value is -1.08. The number of ether oxygens (including phenoxy) is 1. The lowest BCUT2D eigenvalue weighted by Gasteiger charge is -2.11. The number of phenols is 1. The summed E-state index contributed by atoms with van der Waals surface area (Å²) in [5.41, 5.74) is 3.06. The van der Waals surface area contributed by atoms with E-state index in [1.807, 2.05) is 0 Å². The van der Waals surface area contributed by atoms with Crippen molar-refractivity contribution < 1.29 is 9.84 Å². The van der Waals surface area contributed by atoms with Crippen LogP contribution < -0.4 is 10.7 Å². The van der Waals surface area contributed by atoms with E-state index in [2.05, 4.69) is 15.8 Å². The van der Waals surface area contributed by atoms with Crippen LogP contribution in [-0.2, 0) is 4.74 Å². The zero-order valence-electron chi connectivity index (χ0n) is 11.1. The van der Waals surface area contributed by atoms with E-state index in [1.54, 1.807) is 6.07 Å². The molecule has 8 heteroatoms. The first-order valence-electron chi connectivity index (χ1n) is 6.43. The third-order valence-corrected chi connectivity index (χ3v) is 3.68. The third-order valence-electron chi connectivity index (χ3n) is 2.94. The molecule has 1 aromatic carbocycles. The molecule has 1 aliphatic heterocycles. The molecular formula is C13H15Cl2N3O2S. The summed E-state index contributed by atoms with van der Waals surface area (Å²) < 4.78 is 5.47. The van der Waals surface area contributed by atoms with Crippen LogP contribution in [0.25, 0.3) is 0 Å². The predicted molar refractivity (Wildman–Crippen MR) is 88.4 cm³/mol. The van der Waals surface area contributed by atoms with Crippen molar-refractivity contribution in [3.8, 4) is 5.75 Å². The number of phenolic OH excluding ortho intramolecular Hbond substituents is 1. The molecule has 5 nitrogen and oxygen atoms in total. The summed E-state index contributed by atoms with van der Waals surface area (Å²) in [7, 11) is 0. The Bertz CT molecular complexity index is 548. The number of hydrazone groups is 1. The van der Waals surface area contributed by atoms with E-state index in [1.165, 1.54) is 12.3 Å². The van der Waals surface area contributed by atoms with E-state index in [0.29, 0.717) is 22.2 Å². The molecule has 2 rings (SSSR count). The number of halogens is 2. The molecule has 1 aliphatic rings. The van der Waals surface area contributed by atoms with Crippen LogP contribution in [0.15, 0.2) is 17.2 Å². The van der Waals surface area contributed by atoms with Crippen LogP contribution in [0.2, 0.25) is 10.0 Å². The van der Waals surface area contributed by atoms with Gasteiger partial charge in [0.15, 0.2) is 5.11 Å². The highest BCUT2D eigenvalue weighted by Crippen LogP contribution is 2.29. The van der Waals surface area contributed by atoms with E-state index in [-0.39, 0.29) is 16.9 Å². The summed E-state index contributed by atoms with van der Waals surface area (Å²) in [6.45, 7) is 1.45. The fourth-order valence-electron chi connectivity index (χ4n) is 1.90. The van der Waals surface area contributed by atoms with Crippen molar-refractivity contribution in [1.82, 2.24) is 10.7 Å². The normalized spacial score (nSPS) is 18.1. The van der Waals surface area contributed by atoms with Crippen LogP contribution in [0.3, 0.4) is 0 Å². The van der Waals surface area contributed by atoms with Gasteiger partial charge in [-0.3, -0.25) is 5.43 Å². The molecule has 1 saturated heterocycles. The molecule has 1 atom stereocenters. The highest BCUT2D eigenvalue weighted by Gasteiger charge is 2.15. The van der Waals surface area contributed by atoms with Gasteiger partial charge in [-0.25, -0.2) is 0 Å². The number of benzene rings is 1. The fraction of sp³-hybridized carbons (Fsp3) is 0.385. The van der Waals surface area contributed by atoms with Gasteiger partial charge in [0.2, 0.25) is 0 Å². The second-order valence-electron chi connectivity index (χ2n) is 4.54. The summed E-state index contributed by atoms with van der Waals surface area (Å²) in [5, 5.41) is 17.7. The van der Waals surface area contributed by atoms with Crippen LogP contribution >= 0.6 is 35.4 Å². The maximum atomic E-state index is 9.76. The van der Waals surface area contributed by atoms with Gasteiger partial charge in [0.25, 0.3) is 0 Å². The average Bonchev–Trinajstić information content (AvgIpc) is 2.95. The number of hydrogen-bond donors (Lipinski definition) is 3. The van der Waals surface area contributed by atoms with Gasteiger partial charge in [-0.15, -0.1) is 0 Å². The van der Waals surface area contributed by atoms with E-state index in [9.17, 15) is 5.11 Å². The van der Waals surface area contributed by atoms with Crippen molar-refractivity contribution in [2.75, 3.05) is 13.2 Å². The number of nitrogens with one attached hydrogen (secondary N) is 2. The number of rotatable bonds is 4. The number of nitrogens with zero attached hydrogens (tertiary/aromatic N) is 1. The molecule has 0 bridgehead atoms. The average molecular weight is 348 g/mol. The minimum Gasteiger partial charge on any atom is -0.506 e. The van der Waals surface area contributed by atoms with E-state index in [4.69, 9.17) is 40.2 Å². The van der Waals surface area contributed by atoms with Gasteiger partial charge in [-0.2, -0.15) is 5.10 Å². The van der Waals surface area contributed by atoms with Crippen molar-refractivity contribution in [2.45, 2.75) is 18.9 Å². The molecule has 3 N–H and O–H groups in total. The minimum absolute atomic E-state index is 0.0788. The minimum atomic E-state index is -0.0788. The zero-order chi connectivity index (χ0) is 15.2. The van der Waals surface area contributed by atoms with Crippen LogP contribution in [0.5, 0.6) is 5.75 Å². The maximum Gasteiger partial charge on any atom is 0.187 e. The second-order valence-corrected chi connectivity index (χ2v) is 5.79. The first kappa shape index (κ1) is 16.3. The van der Waals surface area contributed by atoms with Gasteiger partial charge in [0.05, 0.1) is 17.3 Å². The molecule has 0 spiro atoms. The third kappa shape index (κ3) is 5.00. The van der Waals surface area contributed by atoms with Crippen molar-refractivity contribution >= 4 is 46.7 Å². The SMILES string of the molecule is Oc1c(Cl)cc(Cl)cc1C=NNC(=S)NCC1CCCO1. The Morgan fingerprint density at radius 3 is 3.05 bits per heavy atom. The fourth-order valence-corrected chi connectivity index (χ4v) is 2.54. The Balaban J connectivity index is 1.82. The molecule has 1 fully saturated rings. The van der Waals surface area contributed by atoms with Gasteiger partial charge in [-0.05, 0) is 37.2 Å². The molecular weight excluding hydrogens is 333 g/mol. The molecule has 1 unspecified atom stereocenters. The van der Waals surface area contributed by atoms with Crippen molar-refractivity contribution in [3.63, 3.8) is 0 Å². The first-order valence-corrected chi connectivity index (χ1v) is 7.59. The Morgan fingerprint density at radius 2 is 2.33 bits per heavy atom. The monoisotopic (exact) mass is 347 g/mol. The van der Waals surface area contributed by atoms with E-state index >= 15 is 0 Å². The van der Waals surface area contributed by atoms with Gasteiger partial charge in [-0.1, -0.05) is 23.2 Å². The molecule has 114 valence electrons. The number of thiocarbonyl (C=S) groups is 1. The first-order chi connectivity index (χ1) is 10.1. The van der Waals surface area contributed by atoms with Crippen molar-refractivity contribution in [3.05, 3.63) is 27.7 Å². The lowest BCUT2D eigenvalue weighted by atomic mass is 10.2. The smallest absolute Gasteiger partial charge is 0.187 e. The quantitative estimate of drug-likeness (QED) is 0.444. The van der Waals surface area contributed by atoms with Crippen LogP contribution in [0.1, 0.15) is 18.4 Å². The molecule has 21 heavy (non-hydrogen) atoms. The molecule has 0 radical (unpaired) electrons. The standard InChI is InChI=1S/C13H15Cl2N3O2S/c14-9-4-8(12(19)11(15)5-9)6-17-18-13(21)16-7-10-2-1-3-20-10/h4-6,10,19H,1-3,7H2,(H2,16,18,21). The van der Waals surface area contributed by atoms with Gasteiger partial charge in [0.1, 0.15) is 5.75 Å². The van der Waals surface area contributed by atoms with Crippen LogP contribution in [-0.4, -0.2) is 35.7 Å². The topological polar surface area (TPSA) is 65.9 Å². The number of hydrogen-bond acceptors (Lipinski definition) is 4. The van der Waals surface area contributed by atoms with Gasteiger partial charge < -0.3 is 15.2 Å². The van der Waals surface area contributed by atoms with Gasteiger partial charge in [0, 0.05) is 23.7 Å². The van der Waals surface area contributed by atoms with Crippen molar-refractivity contribution in [2.24, 2.45) is 5.10 Å². The molecule has 0 saturated carbocycles. The Morgan fingerprint density at radius 1 is 1.52 bits per heavy atom. The zero-order valence-corrected chi connectivity index (χ0v) is 13.4. The summed E-state index contributed by atoms with van der Waals surface area (Å²) in [6.07, 6.45) is 3.71. The summed E-state index contributed by atoms with van der Waals surface area (Å²) in [6, 6.07) is 3.01. The van der Waals surface area contributed by atoms with E-state index in [0.717, 1.165) is 19.4 Å². The lowest BCUT2D eigenvalue weighted by Crippen LogP contribution is -2.37. The molecule has 1 heterocycles. The largest absolute Gasteiger partial charge is 0.506 e. The van der Waals surface area contributed by atoms with E-state index < -0.39 is 0 Å². The Kier molecular flexibility index (Phi) is 6.05. The molecule has 0 amide bonds. The predicted octanol–water partition coefficient (Wildman–Crippen LogP) is 2.68. The molecule has 0 aromatic heterocycles. The van der Waals surface area contributed by atoms with Crippen LogP contribution in [0, 0.1) is 0 Å². The summed E-state index contributed by atoms with van der Waals surface area (Å²) in [4.78, 5) is 0. The van der Waals surface area contributed by atoms with Crippen LogP contribution in [0.4, 0.5) is 0 Å². The maximum absolute atomic E-state index is 9.76. The highest BCUT2D eigenvalue weighted by atomic mass is 35.5. The molecule has 0 aliphatic carbocycles. The summed E-state index contributed by atoms with van der Waals surface area (Å²) in [5.74, 6) is -0.0788. The highest BCUT2D eigenvalue weighted by molar-refractivity contribution is 7.80. The van der Waals surface area contributed by atoms with Crippen molar-refractivity contribution in [1.29, 1.82) is 0 Å². The lowest BCUT2D eigenvalue weighted by molar-refractivity contribution is 0.114. The summed E-state index contributed by atoms with van der Waals surface area (Å²) >= 11 is 16.8. The van der Waals surface area contributed by atoms with Gasteiger partial charge >= 0.3 is 0 Å². The second kappa shape index (κ2) is 7.79. The Labute approximate surface area is 138 Å². The number of aromatic hydroxyl groups is 1. The molecule has 1 aromatic rings.